The second-order valence-corrected chi connectivity index (χ2v) is 10.9. The molecular formula is C29H39N3O4. The lowest BCUT2D eigenvalue weighted by Crippen LogP contribution is -2.23. The zero-order valence-electron chi connectivity index (χ0n) is 21.7. The fraction of sp³-hybridized carbons (Fsp3) is 0.448. The molecule has 0 radical (unpaired) electrons. The maximum Gasteiger partial charge on any atom is 0.248 e. The summed E-state index contributed by atoms with van der Waals surface area (Å²) in [6.07, 6.45) is 2.45. The number of benzene rings is 2. The molecule has 0 spiro atoms. The number of hydrogen-bond acceptors (Lipinski definition) is 5. The normalized spacial score (nSPS) is 13.5. The van der Waals surface area contributed by atoms with Crippen LogP contribution in [0, 0.1) is 11.3 Å². The number of phenols is 1. The van der Waals surface area contributed by atoms with Crippen molar-refractivity contribution in [2.24, 2.45) is 11.3 Å². The Morgan fingerprint density at radius 3 is 2.64 bits per heavy atom. The van der Waals surface area contributed by atoms with E-state index >= 15 is 0 Å². The lowest BCUT2D eigenvalue weighted by Gasteiger charge is -2.22. The number of aromatic hydroxyl groups is 1. The van der Waals surface area contributed by atoms with E-state index in [9.17, 15) is 19.8 Å². The number of amides is 1. The molecule has 2 unspecified atom stereocenters. The molecule has 3 rings (SSSR count). The highest BCUT2D eigenvalue weighted by Crippen LogP contribution is 2.28. The minimum atomic E-state index is -0.779. The minimum Gasteiger partial charge on any atom is -0.506 e. The monoisotopic (exact) mass is 493 g/mol. The van der Waals surface area contributed by atoms with Crippen LogP contribution >= 0.6 is 0 Å². The summed E-state index contributed by atoms with van der Waals surface area (Å²) in [6, 6.07) is 14.1. The third-order valence-electron chi connectivity index (χ3n) is 6.13. The van der Waals surface area contributed by atoms with Gasteiger partial charge in [0.05, 0.1) is 11.6 Å². The number of aryl methyl sites for hydroxylation is 1. The molecule has 0 aliphatic heterocycles. The summed E-state index contributed by atoms with van der Waals surface area (Å²) in [5, 5.41) is 27.6. The van der Waals surface area contributed by atoms with Crippen LogP contribution in [-0.4, -0.2) is 34.2 Å². The number of aromatic nitrogens is 1. The molecule has 0 bridgehead atoms. The van der Waals surface area contributed by atoms with Crippen molar-refractivity contribution in [2.45, 2.75) is 59.5 Å². The highest BCUT2D eigenvalue weighted by atomic mass is 16.3. The highest BCUT2D eigenvalue weighted by molar-refractivity contribution is 5.91. The smallest absolute Gasteiger partial charge is 0.248 e. The summed E-state index contributed by atoms with van der Waals surface area (Å²) < 4.78 is 0. The number of nitrogens with one attached hydrogen (secondary N) is 3. The van der Waals surface area contributed by atoms with Crippen LogP contribution in [-0.2, 0) is 11.2 Å². The van der Waals surface area contributed by atoms with Crippen molar-refractivity contribution in [1.29, 1.82) is 0 Å². The number of fused-ring (bicyclic) bond motifs is 1. The van der Waals surface area contributed by atoms with Gasteiger partial charge < -0.3 is 25.8 Å². The van der Waals surface area contributed by atoms with E-state index in [1.54, 1.807) is 12.1 Å². The molecule has 2 atom stereocenters. The number of phenolic OH excluding ortho intramolecular Hbond substituents is 1. The Morgan fingerprint density at radius 1 is 1.11 bits per heavy atom. The Hall–Kier alpha value is -3.16. The van der Waals surface area contributed by atoms with Crippen LogP contribution in [0.2, 0.25) is 0 Å². The topological polar surface area (TPSA) is 114 Å². The third-order valence-corrected chi connectivity index (χ3v) is 6.13. The van der Waals surface area contributed by atoms with E-state index in [-0.39, 0.29) is 22.6 Å². The molecule has 1 heterocycles. The summed E-state index contributed by atoms with van der Waals surface area (Å²) in [4.78, 5) is 26.6. The molecule has 0 saturated carbocycles. The van der Waals surface area contributed by atoms with E-state index in [2.05, 4.69) is 49.4 Å². The van der Waals surface area contributed by atoms with Crippen LogP contribution in [0.15, 0.2) is 53.3 Å². The van der Waals surface area contributed by atoms with Gasteiger partial charge in [-0.3, -0.25) is 9.59 Å². The summed E-state index contributed by atoms with van der Waals surface area (Å²) in [5.41, 5.74) is 2.84. The molecule has 0 aliphatic rings. The number of aliphatic hydroxyl groups is 1. The number of anilines is 1. The summed E-state index contributed by atoms with van der Waals surface area (Å²) in [5.74, 6) is 0.353. The molecule has 0 saturated heterocycles. The van der Waals surface area contributed by atoms with Gasteiger partial charge in [0, 0.05) is 30.1 Å². The number of carbonyl (C=O) groups excluding carboxylic acids is 1. The van der Waals surface area contributed by atoms with E-state index in [4.69, 9.17) is 0 Å². The van der Waals surface area contributed by atoms with Gasteiger partial charge in [-0.2, -0.15) is 0 Å². The fourth-order valence-electron chi connectivity index (χ4n) is 4.77. The molecule has 0 fully saturated rings. The van der Waals surface area contributed by atoms with Crippen molar-refractivity contribution in [1.82, 2.24) is 10.3 Å². The number of aliphatic hydroxyl groups excluding tert-OH is 1. The molecule has 1 aromatic heterocycles. The number of carbonyl (C=O) groups is 1. The zero-order chi connectivity index (χ0) is 26.3. The zero-order valence-corrected chi connectivity index (χ0v) is 21.7. The van der Waals surface area contributed by atoms with Crippen LogP contribution in [0.4, 0.5) is 5.69 Å². The van der Waals surface area contributed by atoms with Gasteiger partial charge in [0.2, 0.25) is 11.5 Å². The molecule has 1 amide bonds. The van der Waals surface area contributed by atoms with Gasteiger partial charge in [-0.25, -0.2) is 0 Å². The van der Waals surface area contributed by atoms with Crippen molar-refractivity contribution in [3.63, 3.8) is 0 Å². The van der Waals surface area contributed by atoms with Crippen LogP contribution in [0.1, 0.15) is 64.2 Å². The number of aromatic amines is 1. The first-order chi connectivity index (χ1) is 17.0. The lowest BCUT2D eigenvalue weighted by atomic mass is 9.84. The average Bonchev–Trinajstić information content (AvgIpc) is 2.78. The predicted octanol–water partition coefficient (Wildman–Crippen LogP) is 4.89. The van der Waals surface area contributed by atoms with E-state index in [0.717, 1.165) is 30.5 Å². The number of pyridine rings is 1. The minimum absolute atomic E-state index is 0.0237. The van der Waals surface area contributed by atoms with Gasteiger partial charge in [0.1, 0.15) is 5.75 Å². The van der Waals surface area contributed by atoms with Gasteiger partial charge in [-0.1, -0.05) is 45.9 Å². The van der Waals surface area contributed by atoms with Crippen LogP contribution in [0.5, 0.6) is 5.75 Å². The Kier molecular flexibility index (Phi) is 9.29. The Balaban J connectivity index is 1.45. The van der Waals surface area contributed by atoms with Crippen molar-refractivity contribution >= 4 is 22.5 Å². The van der Waals surface area contributed by atoms with Crippen molar-refractivity contribution < 1.29 is 15.0 Å². The first kappa shape index (κ1) is 27.4. The van der Waals surface area contributed by atoms with Crippen LogP contribution < -0.4 is 16.2 Å². The van der Waals surface area contributed by atoms with E-state index in [1.807, 2.05) is 18.2 Å². The first-order valence-corrected chi connectivity index (χ1v) is 12.6. The van der Waals surface area contributed by atoms with Gasteiger partial charge in [0.25, 0.3) is 0 Å². The van der Waals surface area contributed by atoms with Gasteiger partial charge in [0.15, 0.2) is 0 Å². The summed E-state index contributed by atoms with van der Waals surface area (Å²) >= 11 is 0. The predicted molar refractivity (Wildman–Crippen MR) is 145 cm³/mol. The van der Waals surface area contributed by atoms with E-state index in [1.165, 1.54) is 12.1 Å². The summed E-state index contributed by atoms with van der Waals surface area (Å²) in [7, 11) is 0. The van der Waals surface area contributed by atoms with Crippen molar-refractivity contribution in [2.75, 3.05) is 18.4 Å². The molecule has 7 nitrogen and oxygen atoms in total. The molecular weight excluding hydrogens is 454 g/mol. The molecule has 36 heavy (non-hydrogen) atoms. The number of hydrogen-bond donors (Lipinski definition) is 5. The molecule has 2 aromatic carbocycles. The standard InChI is InChI=1S/C29H39N3O4/c1-19(17-29(2,3)4)15-27(36)31-21-9-5-7-20(16-21)8-6-14-30-18-25(34)22-10-12-24(33)28-23(22)11-13-26(35)32-28/h5,7,9-13,16,19,25,30,33-34H,6,8,14-15,17-18H2,1-4H3,(H,31,36)(H,32,35). The molecule has 0 aliphatic carbocycles. The van der Waals surface area contributed by atoms with Crippen molar-refractivity contribution in [3.05, 3.63) is 70.0 Å². The third kappa shape index (κ3) is 8.21. The second-order valence-electron chi connectivity index (χ2n) is 10.9. The van der Waals surface area contributed by atoms with Gasteiger partial charge in [-0.15, -0.1) is 0 Å². The Labute approximate surface area is 213 Å². The highest BCUT2D eigenvalue weighted by Gasteiger charge is 2.18. The second kappa shape index (κ2) is 12.2. The average molecular weight is 494 g/mol. The molecule has 7 heteroatoms. The van der Waals surface area contributed by atoms with Gasteiger partial charge >= 0.3 is 0 Å². The van der Waals surface area contributed by atoms with Crippen LogP contribution in [0.3, 0.4) is 0 Å². The van der Waals surface area contributed by atoms with Gasteiger partial charge in [-0.05, 0) is 72.5 Å². The largest absolute Gasteiger partial charge is 0.506 e. The van der Waals surface area contributed by atoms with E-state index < -0.39 is 6.10 Å². The molecule has 194 valence electrons. The van der Waals surface area contributed by atoms with Crippen molar-refractivity contribution in [3.8, 4) is 5.75 Å². The van der Waals surface area contributed by atoms with Crippen LogP contribution in [0.25, 0.3) is 10.9 Å². The SMILES string of the molecule is CC(CC(=O)Nc1cccc(CCCNCC(O)c2ccc(O)c3[nH]c(=O)ccc23)c1)CC(C)(C)C. The lowest BCUT2D eigenvalue weighted by molar-refractivity contribution is -0.117. The Morgan fingerprint density at radius 2 is 1.89 bits per heavy atom. The van der Waals surface area contributed by atoms with E-state index in [0.29, 0.717) is 41.9 Å². The maximum atomic E-state index is 12.4. The molecule has 5 N–H and O–H groups in total. The summed E-state index contributed by atoms with van der Waals surface area (Å²) in [6.45, 7) is 9.76. The molecule has 3 aromatic rings. The maximum absolute atomic E-state index is 12.4. The first-order valence-electron chi connectivity index (χ1n) is 12.6. The quantitative estimate of drug-likeness (QED) is 0.244. The Bertz CT molecular complexity index is 1230. The number of rotatable bonds is 11. The fourth-order valence-corrected chi connectivity index (χ4v) is 4.77. The number of H-pyrrole nitrogens is 1.